The first kappa shape index (κ1) is 14.8. The summed E-state index contributed by atoms with van der Waals surface area (Å²) in [6.07, 6.45) is 0. The first-order valence-corrected chi connectivity index (χ1v) is 8.07. The summed E-state index contributed by atoms with van der Waals surface area (Å²) in [6.45, 7) is 0. The standard InChI is InChI=1S/C16H11F2N5S/c17-9-5-12-13(6-10(9)18)22-16(21-12)24-7-14-20-11-4-2-1-3-8(11)15(19)23-14/h1-6H,7H2,(H,21,22)(H2,19,20,23). The van der Waals surface area contributed by atoms with Gasteiger partial charge in [-0.1, -0.05) is 23.9 Å². The predicted octanol–water partition coefficient (Wildman–Crippen LogP) is 3.66. The number of halogens is 2. The number of aromatic amines is 1. The van der Waals surface area contributed by atoms with E-state index in [4.69, 9.17) is 5.73 Å². The lowest BCUT2D eigenvalue weighted by Gasteiger charge is -2.04. The predicted molar refractivity (Wildman–Crippen MR) is 89.5 cm³/mol. The molecule has 0 atom stereocenters. The molecule has 0 bridgehead atoms. The second kappa shape index (κ2) is 5.72. The third-order valence-corrected chi connectivity index (χ3v) is 4.39. The number of nitrogens with one attached hydrogen (secondary N) is 1. The van der Waals surface area contributed by atoms with Gasteiger partial charge in [0.2, 0.25) is 0 Å². The zero-order chi connectivity index (χ0) is 16.7. The molecule has 0 saturated heterocycles. The van der Waals surface area contributed by atoms with Gasteiger partial charge in [-0.15, -0.1) is 0 Å². The molecule has 0 unspecified atom stereocenters. The van der Waals surface area contributed by atoms with E-state index >= 15 is 0 Å². The van der Waals surface area contributed by atoms with Gasteiger partial charge < -0.3 is 10.7 Å². The topological polar surface area (TPSA) is 80.5 Å². The lowest BCUT2D eigenvalue weighted by Crippen LogP contribution is -1.99. The Morgan fingerprint density at radius 3 is 2.67 bits per heavy atom. The fourth-order valence-electron chi connectivity index (χ4n) is 2.40. The van der Waals surface area contributed by atoms with Crippen LogP contribution in [-0.4, -0.2) is 19.9 Å². The molecule has 4 aromatic rings. The van der Waals surface area contributed by atoms with Crippen LogP contribution in [0.4, 0.5) is 14.6 Å². The van der Waals surface area contributed by atoms with E-state index in [1.807, 2.05) is 24.3 Å². The molecular weight excluding hydrogens is 332 g/mol. The molecule has 0 amide bonds. The molecule has 3 N–H and O–H groups in total. The second-order valence-corrected chi connectivity index (χ2v) is 6.12. The number of para-hydroxylation sites is 1. The van der Waals surface area contributed by atoms with Crippen molar-refractivity contribution in [1.29, 1.82) is 0 Å². The van der Waals surface area contributed by atoms with Crippen LogP contribution < -0.4 is 5.73 Å². The highest BCUT2D eigenvalue weighted by Crippen LogP contribution is 2.25. The molecule has 24 heavy (non-hydrogen) atoms. The summed E-state index contributed by atoms with van der Waals surface area (Å²) in [5.74, 6) is -0.414. The fourth-order valence-corrected chi connectivity index (χ4v) is 3.14. The largest absolute Gasteiger partial charge is 0.383 e. The lowest BCUT2D eigenvalue weighted by molar-refractivity contribution is 0.510. The van der Waals surface area contributed by atoms with E-state index in [1.165, 1.54) is 11.8 Å². The minimum Gasteiger partial charge on any atom is -0.383 e. The van der Waals surface area contributed by atoms with E-state index in [1.54, 1.807) is 0 Å². The maximum absolute atomic E-state index is 13.2. The maximum atomic E-state index is 13.2. The van der Waals surface area contributed by atoms with E-state index in [0.29, 0.717) is 33.6 Å². The van der Waals surface area contributed by atoms with Crippen molar-refractivity contribution in [3.8, 4) is 0 Å². The Morgan fingerprint density at radius 2 is 1.79 bits per heavy atom. The van der Waals surface area contributed by atoms with Crippen molar-refractivity contribution in [2.75, 3.05) is 5.73 Å². The van der Waals surface area contributed by atoms with Crippen LogP contribution in [0.1, 0.15) is 5.82 Å². The molecule has 2 aromatic heterocycles. The van der Waals surface area contributed by atoms with Crippen molar-refractivity contribution in [2.24, 2.45) is 0 Å². The van der Waals surface area contributed by atoms with Crippen molar-refractivity contribution < 1.29 is 8.78 Å². The number of imidazole rings is 1. The summed E-state index contributed by atoms with van der Waals surface area (Å²) in [5, 5.41) is 1.34. The smallest absolute Gasteiger partial charge is 0.166 e. The van der Waals surface area contributed by atoms with Crippen LogP contribution in [0.15, 0.2) is 41.6 Å². The fraction of sp³-hybridized carbons (Fsp3) is 0.0625. The van der Waals surface area contributed by atoms with Crippen molar-refractivity contribution in [3.05, 3.63) is 53.9 Å². The number of nitrogens with two attached hydrogens (primary N) is 1. The Hall–Kier alpha value is -2.74. The number of rotatable bonds is 3. The van der Waals surface area contributed by atoms with Crippen LogP contribution in [0.5, 0.6) is 0 Å². The first-order chi connectivity index (χ1) is 11.6. The molecule has 0 aliphatic heterocycles. The number of aromatic nitrogens is 4. The molecular formula is C16H11F2N5S. The average Bonchev–Trinajstić information content (AvgIpc) is 2.95. The van der Waals surface area contributed by atoms with E-state index in [-0.39, 0.29) is 0 Å². The van der Waals surface area contributed by atoms with E-state index < -0.39 is 11.6 Å². The van der Waals surface area contributed by atoms with Crippen LogP contribution in [0, 0.1) is 11.6 Å². The number of nitrogen functional groups attached to an aromatic ring is 1. The third kappa shape index (κ3) is 2.65. The van der Waals surface area contributed by atoms with Gasteiger partial charge in [0.1, 0.15) is 11.6 Å². The number of benzene rings is 2. The summed E-state index contributed by atoms with van der Waals surface area (Å²) >= 11 is 1.34. The molecule has 4 rings (SSSR count). The number of hydrogen-bond acceptors (Lipinski definition) is 5. The van der Waals surface area contributed by atoms with Crippen molar-refractivity contribution in [2.45, 2.75) is 10.9 Å². The van der Waals surface area contributed by atoms with Crippen LogP contribution in [-0.2, 0) is 5.75 Å². The van der Waals surface area contributed by atoms with Gasteiger partial charge in [-0.05, 0) is 12.1 Å². The lowest BCUT2D eigenvalue weighted by atomic mass is 10.2. The van der Waals surface area contributed by atoms with Crippen LogP contribution in [0.2, 0.25) is 0 Å². The van der Waals surface area contributed by atoms with Crippen LogP contribution in [0.3, 0.4) is 0 Å². The highest BCUT2D eigenvalue weighted by molar-refractivity contribution is 7.98. The summed E-state index contributed by atoms with van der Waals surface area (Å²) in [6, 6.07) is 9.65. The minimum atomic E-state index is -0.920. The third-order valence-electron chi connectivity index (χ3n) is 3.52. The molecule has 0 fully saturated rings. The molecule has 5 nitrogen and oxygen atoms in total. The van der Waals surface area contributed by atoms with Gasteiger partial charge >= 0.3 is 0 Å². The zero-order valence-corrected chi connectivity index (χ0v) is 13.1. The number of nitrogens with zero attached hydrogens (tertiary/aromatic N) is 3. The normalized spacial score (nSPS) is 11.4. The van der Waals surface area contributed by atoms with Crippen molar-refractivity contribution in [3.63, 3.8) is 0 Å². The number of anilines is 1. The number of H-pyrrole nitrogens is 1. The molecule has 0 radical (unpaired) electrons. The van der Waals surface area contributed by atoms with Gasteiger partial charge in [-0.2, -0.15) is 0 Å². The molecule has 0 saturated carbocycles. The first-order valence-electron chi connectivity index (χ1n) is 7.09. The van der Waals surface area contributed by atoms with Gasteiger partial charge in [0.05, 0.1) is 22.3 Å². The van der Waals surface area contributed by atoms with Gasteiger partial charge in [0.15, 0.2) is 16.8 Å². The Balaban J connectivity index is 1.60. The van der Waals surface area contributed by atoms with Gasteiger partial charge in [0, 0.05) is 17.5 Å². The average molecular weight is 343 g/mol. The number of thioether (sulfide) groups is 1. The molecule has 8 heteroatoms. The van der Waals surface area contributed by atoms with E-state index in [9.17, 15) is 8.78 Å². The summed E-state index contributed by atoms with van der Waals surface area (Å²) in [7, 11) is 0. The molecule has 0 spiro atoms. The Kier molecular flexibility index (Phi) is 3.53. The van der Waals surface area contributed by atoms with Crippen molar-refractivity contribution in [1.82, 2.24) is 19.9 Å². The van der Waals surface area contributed by atoms with Gasteiger partial charge in [0.25, 0.3) is 0 Å². The summed E-state index contributed by atoms with van der Waals surface area (Å²) in [5.41, 5.74) is 7.54. The highest BCUT2D eigenvalue weighted by atomic mass is 32.2. The molecule has 0 aliphatic rings. The molecule has 120 valence electrons. The SMILES string of the molecule is Nc1nc(CSc2nc3cc(F)c(F)cc3[nH]2)nc2ccccc12. The number of hydrogen-bond donors (Lipinski definition) is 2. The quantitative estimate of drug-likeness (QED) is 0.555. The molecule has 2 heterocycles. The van der Waals surface area contributed by atoms with E-state index in [2.05, 4.69) is 19.9 Å². The van der Waals surface area contributed by atoms with E-state index in [0.717, 1.165) is 23.0 Å². The van der Waals surface area contributed by atoms with Gasteiger partial charge in [-0.3, -0.25) is 0 Å². The van der Waals surface area contributed by atoms with Crippen LogP contribution >= 0.6 is 11.8 Å². The highest BCUT2D eigenvalue weighted by Gasteiger charge is 2.10. The van der Waals surface area contributed by atoms with Gasteiger partial charge in [-0.25, -0.2) is 23.7 Å². The van der Waals surface area contributed by atoms with Crippen LogP contribution in [0.25, 0.3) is 21.9 Å². The molecule has 2 aromatic carbocycles. The van der Waals surface area contributed by atoms with Crippen molar-refractivity contribution >= 4 is 39.5 Å². The Morgan fingerprint density at radius 1 is 1.00 bits per heavy atom. The second-order valence-electron chi connectivity index (χ2n) is 5.16. The monoisotopic (exact) mass is 343 g/mol. The zero-order valence-electron chi connectivity index (χ0n) is 12.3. The summed E-state index contributed by atoms with van der Waals surface area (Å²) in [4.78, 5) is 15.9. The minimum absolute atomic E-state index is 0.371. The Labute approximate surface area is 139 Å². The Bertz CT molecular complexity index is 1020. The summed E-state index contributed by atoms with van der Waals surface area (Å²) < 4.78 is 26.5. The molecule has 0 aliphatic carbocycles. The number of fused-ring (bicyclic) bond motifs is 2. The maximum Gasteiger partial charge on any atom is 0.166 e.